The summed E-state index contributed by atoms with van der Waals surface area (Å²) in [6.45, 7) is 0.475. The molecule has 0 bridgehead atoms. The fourth-order valence-corrected chi connectivity index (χ4v) is 2.16. The summed E-state index contributed by atoms with van der Waals surface area (Å²) in [5.74, 6) is -1.80. The molecule has 0 radical (unpaired) electrons. The third-order valence-electron chi connectivity index (χ3n) is 3.49. The van der Waals surface area contributed by atoms with Gasteiger partial charge in [0.05, 0.1) is 19.6 Å². The van der Waals surface area contributed by atoms with E-state index in [2.05, 4.69) is 20.3 Å². The van der Waals surface area contributed by atoms with Gasteiger partial charge in [-0.15, -0.1) is 4.73 Å². The van der Waals surface area contributed by atoms with Crippen LogP contribution in [-0.2, 0) is 9.53 Å². The quantitative estimate of drug-likeness (QED) is 0.469. The lowest BCUT2D eigenvalue weighted by Crippen LogP contribution is -2.27. The second-order valence-corrected chi connectivity index (χ2v) is 5.39. The number of nitrogens with zero attached hydrogens (tertiary/aromatic N) is 3. The van der Waals surface area contributed by atoms with E-state index in [1.807, 2.05) is 0 Å². The predicted octanol–water partition coefficient (Wildman–Crippen LogP) is 0.227. The summed E-state index contributed by atoms with van der Waals surface area (Å²) >= 11 is 0. The van der Waals surface area contributed by atoms with Crippen molar-refractivity contribution in [3.05, 3.63) is 35.9 Å². The third kappa shape index (κ3) is 4.52. The lowest BCUT2D eigenvalue weighted by molar-refractivity contribution is -0.146. The zero-order valence-corrected chi connectivity index (χ0v) is 14.0. The summed E-state index contributed by atoms with van der Waals surface area (Å²) in [6.07, 6.45) is -0.0964. The first-order valence-corrected chi connectivity index (χ1v) is 7.93. The molecule has 3 N–H and O–H groups in total. The fourth-order valence-electron chi connectivity index (χ4n) is 2.16. The van der Waals surface area contributed by atoms with Crippen LogP contribution in [-0.4, -0.2) is 56.9 Å². The van der Waals surface area contributed by atoms with Crippen molar-refractivity contribution >= 4 is 22.9 Å². The maximum atomic E-state index is 12.0. The van der Waals surface area contributed by atoms with Gasteiger partial charge in [-0.3, -0.25) is 4.79 Å². The van der Waals surface area contributed by atoms with Gasteiger partial charge in [0.1, 0.15) is 11.0 Å². The molecule has 3 rings (SSSR count). The van der Waals surface area contributed by atoms with Crippen molar-refractivity contribution < 1.29 is 34.0 Å². The lowest BCUT2D eigenvalue weighted by atomic mass is 10.2. The maximum Gasteiger partial charge on any atom is 0.335 e. The van der Waals surface area contributed by atoms with Crippen molar-refractivity contribution in [2.75, 3.05) is 19.8 Å². The largest absolute Gasteiger partial charge is 0.492 e. The predicted molar refractivity (Wildman–Crippen MR) is 88.9 cm³/mol. The van der Waals surface area contributed by atoms with Gasteiger partial charge in [0, 0.05) is 24.2 Å². The molecular formula is C16H16N4O7. The monoisotopic (exact) mass is 376 g/mol. The van der Waals surface area contributed by atoms with Crippen LogP contribution in [0.15, 0.2) is 35.0 Å². The summed E-state index contributed by atoms with van der Waals surface area (Å²) in [4.78, 5) is 28.4. The highest BCUT2D eigenvalue weighted by Gasteiger charge is 2.12. The topological polar surface area (TPSA) is 149 Å². The first-order chi connectivity index (χ1) is 13.0. The van der Waals surface area contributed by atoms with E-state index in [9.17, 15) is 19.8 Å². The van der Waals surface area contributed by atoms with Crippen LogP contribution >= 0.6 is 0 Å². The van der Waals surface area contributed by atoms with Gasteiger partial charge in [-0.1, -0.05) is 0 Å². The van der Waals surface area contributed by atoms with Gasteiger partial charge in [0.25, 0.3) is 5.91 Å². The summed E-state index contributed by atoms with van der Waals surface area (Å²) in [5.41, 5.74) is 1.45. The molecule has 2 heterocycles. The highest BCUT2D eigenvalue weighted by molar-refractivity contribution is 5.97. The molecule has 142 valence electrons. The van der Waals surface area contributed by atoms with Crippen molar-refractivity contribution in [1.29, 1.82) is 0 Å². The molecule has 2 aromatic heterocycles. The minimum absolute atomic E-state index is 0.0497. The zero-order chi connectivity index (χ0) is 19.2. The Morgan fingerprint density at radius 1 is 1.07 bits per heavy atom. The second-order valence-electron chi connectivity index (χ2n) is 5.39. The molecular weight excluding hydrogens is 360 g/mol. The molecule has 0 aliphatic heterocycles. The minimum Gasteiger partial charge on any atom is -0.492 e. The number of nitrogens with one attached hydrogen (secondary N) is 1. The average Bonchev–Trinajstić information content (AvgIpc) is 3.25. The Labute approximate surface area is 152 Å². The van der Waals surface area contributed by atoms with E-state index in [4.69, 9.17) is 9.57 Å². The zero-order valence-electron chi connectivity index (χ0n) is 14.0. The minimum atomic E-state index is -0.699. The van der Waals surface area contributed by atoms with Gasteiger partial charge < -0.3 is 25.1 Å². The molecule has 0 fully saturated rings. The van der Waals surface area contributed by atoms with E-state index in [-0.39, 0.29) is 32.1 Å². The highest BCUT2D eigenvalue weighted by atomic mass is 16.7. The van der Waals surface area contributed by atoms with Gasteiger partial charge >= 0.3 is 5.97 Å². The Morgan fingerprint density at radius 2 is 1.81 bits per heavy atom. The smallest absolute Gasteiger partial charge is 0.335 e. The molecule has 0 saturated carbocycles. The number of hydrogen-bond acceptors (Lipinski definition) is 9. The molecule has 3 aromatic rings. The number of carbonyl (C=O) groups is 2. The molecule has 11 nitrogen and oxygen atoms in total. The molecule has 0 spiro atoms. The van der Waals surface area contributed by atoms with E-state index in [1.165, 1.54) is 12.1 Å². The first-order valence-electron chi connectivity index (χ1n) is 7.93. The molecule has 0 atom stereocenters. The van der Waals surface area contributed by atoms with Crippen LogP contribution in [0.25, 0.3) is 11.0 Å². The van der Waals surface area contributed by atoms with E-state index < -0.39 is 17.7 Å². The highest BCUT2D eigenvalue weighted by Crippen LogP contribution is 2.18. The van der Waals surface area contributed by atoms with Crippen LogP contribution < -0.4 is 10.2 Å². The Morgan fingerprint density at radius 3 is 2.59 bits per heavy atom. The fraction of sp³-hybridized carbons (Fsp3) is 0.250. The number of aromatic hydroxyl groups is 2. The molecule has 0 unspecified atom stereocenters. The Bertz CT molecular complexity index is 930. The summed E-state index contributed by atoms with van der Waals surface area (Å²) in [7, 11) is 0. The van der Waals surface area contributed by atoms with Crippen LogP contribution in [0.4, 0.5) is 0 Å². The number of amides is 1. The van der Waals surface area contributed by atoms with Crippen LogP contribution in [0.3, 0.4) is 0 Å². The van der Waals surface area contributed by atoms with Crippen molar-refractivity contribution in [2.24, 2.45) is 0 Å². The molecule has 27 heavy (non-hydrogen) atoms. The van der Waals surface area contributed by atoms with Gasteiger partial charge in [0.2, 0.25) is 11.8 Å². The number of fused-ring (bicyclic) bond motifs is 1. The van der Waals surface area contributed by atoms with Crippen LogP contribution in [0.1, 0.15) is 16.8 Å². The average molecular weight is 376 g/mol. The van der Waals surface area contributed by atoms with Crippen molar-refractivity contribution in [3.8, 4) is 11.8 Å². The van der Waals surface area contributed by atoms with Crippen molar-refractivity contribution in [1.82, 2.24) is 20.4 Å². The Hall–Kier alpha value is -3.60. The second kappa shape index (κ2) is 8.19. The molecule has 0 aliphatic rings. The maximum absolute atomic E-state index is 12.0. The first kappa shape index (κ1) is 18.2. The summed E-state index contributed by atoms with van der Waals surface area (Å²) in [5, 5.41) is 28.7. The number of rotatable bonds is 8. The number of carbonyl (C=O) groups excluding carboxylic acids is 2. The Balaban J connectivity index is 1.33. The van der Waals surface area contributed by atoms with Crippen molar-refractivity contribution in [3.63, 3.8) is 0 Å². The van der Waals surface area contributed by atoms with Gasteiger partial charge in [-0.2, -0.15) is 0 Å². The number of benzene rings is 1. The van der Waals surface area contributed by atoms with Crippen LogP contribution in [0, 0.1) is 0 Å². The van der Waals surface area contributed by atoms with E-state index in [0.717, 1.165) is 0 Å². The SMILES string of the molecule is O=C(CCOCCNC(=O)c1ccc2nonc2c1)On1c(O)ccc1O. The number of hydrogen-bond donors (Lipinski definition) is 3. The van der Waals surface area contributed by atoms with E-state index >= 15 is 0 Å². The normalized spacial score (nSPS) is 10.8. The molecule has 0 aliphatic carbocycles. The molecule has 1 aromatic carbocycles. The summed E-state index contributed by atoms with van der Waals surface area (Å²) < 4.78 is 10.4. The van der Waals surface area contributed by atoms with E-state index in [0.29, 0.717) is 21.3 Å². The number of ether oxygens (including phenoxy) is 1. The van der Waals surface area contributed by atoms with Gasteiger partial charge in [0.15, 0.2) is 0 Å². The van der Waals surface area contributed by atoms with E-state index in [1.54, 1.807) is 18.2 Å². The third-order valence-corrected chi connectivity index (χ3v) is 3.49. The van der Waals surface area contributed by atoms with Crippen molar-refractivity contribution in [2.45, 2.75) is 6.42 Å². The standard InChI is InChI=1S/C16H16N4O7/c21-13-3-4-14(22)20(13)26-15(23)5-7-25-8-6-17-16(24)10-1-2-11-12(9-10)19-27-18-11/h1-4,9,21-22H,5-8H2,(H,17,24). The van der Waals surface area contributed by atoms with Gasteiger partial charge in [-0.05, 0) is 28.5 Å². The van der Waals surface area contributed by atoms with Crippen LogP contribution in [0.5, 0.6) is 11.8 Å². The molecule has 1 amide bonds. The van der Waals surface area contributed by atoms with Crippen LogP contribution in [0.2, 0.25) is 0 Å². The lowest BCUT2D eigenvalue weighted by Gasteiger charge is -2.08. The summed E-state index contributed by atoms with van der Waals surface area (Å²) in [6, 6.07) is 7.15. The molecule has 0 saturated heterocycles. The molecule has 11 heteroatoms. The Kier molecular flexibility index (Phi) is 5.52. The number of aromatic nitrogens is 3. The van der Waals surface area contributed by atoms with Gasteiger partial charge in [-0.25, -0.2) is 9.42 Å².